The highest BCUT2D eigenvalue weighted by molar-refractivity contribution is 5.82. The van der Waals surface area contributed by atoms with Crippen LogP contribution in [-0.4, -0.2) is 54.4 Å². The first-order valence-electron chi connectivity index (χ1n) is 7.39. The van der Waals surface area contributed by atoms with Gasteiger partial charge in [-0.3, -0.25) is 0 Å². The van der Waals surface area contributed by atoms with Crippen molar-refractivity contribution in [1.82, 2.24) is 10.2 Å². The summed E-state index contributed by atoms with van der Waals surface area (Å²) in [5.74, 6) is -0.985. The summed E-state index contributed by atoms with van der Waals surface area (Å²) in [6.07, 6.45) is 5.03. The van der Waals surface area contributed by atoms with Crippen LogP contribution in [0.2, 0.25) is 0 Å². The molecule has 0 spiro atoms. The predicted molar refractivity (Wildman–Crippen MR) is 75.7 cm³/mol. The maximum absolute atomic E-state index is 12.2. The molecule has 1 rings (SSSR count). The fourth-order valence-electron chi connectivity index (χ4n) is 2.09. The van der Waals surface area contributed by atoms with E-state index < -0.39 is 12.0 Å². The molecule has 0 aromatic rings. The molecule has 1 atom stereocenters. The first kappa shape index (κ1) is 16.8. The second-order valence-corrected chi connectivity index (χ2v) is 5.25. The van der Waals surface area contributed by atoms with Crippen molar-refractivity contribution in [3.8, 4) is 0 Å². The number of urea groups is 1. The van der Waals surface area contributed by atoms with Crippen LogP contribution in [0.3, 0.4) is 0 Å². The van der Waals surface area contributed by atoms with E-state index in [0.717, 1.165) is 25.7 Å². The Kier molecular flexibility index (Phi) is 7.36. The van der Waals surface area contributed by atoms with E-state index in [1.165, 1.54) is 0 Å². The van der Waals surface area contributed by atoms with Crippen LogP contribution < -0.4 is 5.32 Å². The lowest BCUT2D eigenvalue weighted by Crippen LogP contribution is -2.49. The van der Waals surface area contributed by atoms with Crippen molar-refractivity contribution >= 4 is 12.0 Å². The summed E-state index contributed by atoms with van der Waals surface area (Å²) < 4.78 is 4.91. The predicted octanol–water partition coefficient (Wildman–Crippen LogP) is 1.84. The van der Waals surface area contributed by atoms with Gasteiger partial charge in [0, 0.05) is 26.3 Å². The molecule has 0 heterocycles. The molecule has 116 valence electrons. The van der Waals surface area contributed by atoms with Gasteiger partial charge in [-0.15, -0.1) is 0 Å². The molecule has 6 heteroatoms. The number of carboxylic acid groups (broad SMARTS) is 1. The van der Waals surface area contributed by atoms with Gasteiger partial charge in [0.1, 0.15) is 6.04 Å². The number of aliphatic carboxylic acids is 1. The Morgan fingerprint density at radius 2 is 2.10 bits per heavy atom. The van der Waals surface area contributed by atoms with E-state index in [9.17, 15) is 9.59 Å². The highest BCUT2D eigenvalue weighted by Crippen LogP contribution is 2.27. The number of unbranched alkanes of at least 4 members (excludes halogenated alkanes) is 1. The van der Waals surface area contributed by atoms with Gasteiger partial charge >= 0.3 is 12.0 Å². The van der Waals surface area contributed by atoms with E-state index in [2.05, 4.69) is 12.2 Å². The summed E-state index contributed by atoms with van der Waals surface area (Å²) in [6, 6.07) is -0.777. The molecular weight excluding hydrogens is 260 g/mol. The van der Waals surface area contributed by atoms with E-state index in [0.29, 0.717) is 32.0 Å². The fourth-order valence-corrected chi connectivity index (χ4v) is 2.09. The van der Waals surface area contributed by atoms with Gasteiger partial charge < -0.3 is 20.1 Å². The molecule has 6 nitrogen and oxygen atoms in total. The molecule has 0 bridgehead atoms. The number of amides is 2. The highest BCUT2D eigenvalue weighted by atomic mass is 16.5. The number of carbonyl (C=O) groups excluding carboxylic acids is 1. The summed E-state index contributed by atoms with van der Waals surface area (Å²) in [5.41, 5.74) is 0. The number of hydrogen-bond donors (Lipinski definition) is 2. The molecule has 1 aliphatic carbocycles. The van der Waals surface area contributed by atoms with Crippen LogP contribution in [0.5, 0.6) is 0 Å². The molecule has 1 fully saturated rings. The Labute approximate surface area is 120 Å². The molecular formula is C14H26N2O4. The van der Waals surface area contributed by atoms with Gasteiger partial charge in [-0.2, -0.15) is 0 Å². The van der Waals surface area contributed by atoms with E-state index in [-0.39, 0.29) is 6.03 Å². The number of hydrogen-bond acceptors (Lipinski definition) is 3. The van der Waals surface area contributed by atoms with Crippen molar-refractivity contribution in [2.75, 3.05) is 20.3 Å². The Morgan fingerprint density at radius 1 is 1.40 bits per heavy atom. The topological polar surface area (TPSA) is 78.9 Å². The van der Waals surface area contributed by atoms with Gasteiger partial charge in [0.05, 0.1) is 0 Å². The maximum Gasteiger partial charge on any atom is 0.326 e. The summed E-state index contributed by atoms with van der Waals surface area (Å²) >= 11 is 0. The number of methoxy groups -OCH3 is 1. The molecule has 0 aromatic carbocycles. The lowest BCUT2D eigenvalue weighted by molar-refractivity contribution is -0.139. The van der Waals surface area contributed by atoms with Crippen LogP contribution in [0.15, 0.2) is 0 Å². The van der Waals surface area contributed by atoms with Crippen molar-refractivity contribution in [3.05, 3.63) is 0 Å². The number of carboxylic acids is 1. The minimum atomic E-state index is -0.985. The third kappa shape index (κ3) is 5.77. The van der Waals surface area contributed by atoms with E-state index in [1.807, 2.05) is 0 Å². The van der Waals surface area contributed by atoms with Crippen LogP contribution in [0.25, 0.3) is 0 Å². The summed E-state index contributed by atoms with van der Waals surface area (Å²) in [5, 5.41) is 11.8. The zero-order valence-electron chi connectivity index (χ0n) is 12.4. The molecule has 2 amide bonds. The van der Waals surface area contributed by atoms with Gasteiger partial charge in [-0.05, 0) is 32.1 Å². The minimum Gasteiger partial charge on any atom is -0.480 e. The highest BCUT2D eigenvalue weighted by Gasteiger charge is 2.33. The monoisotopic (exact) mass is 286 g/mol. The Balaban J connectivity index is 2.47. The van der Waals surface area contributed by atoms with Gasteiger partial charge in [0.25, 0.3) is 0 Å². The molecule has 0 aliphatic heterocycles. The lowest BCUT2D eigenvalue weighted by Gasteiger charge is -2.25. The zero-order chi connectivity index (χ0) is 15.0. The number of rotatable bonds is 10. The van der Waals surface area contributed by atoms with E-state index in [4.69, 9.17) is 9.84 Å². The third-order valence-electron chi connectivity index (χ3n) is 3.44. The van der Waals surface area contributed by atoms with Gasteiger partial charge in [0.2, 0.25) is 0 Å². The van der Waals surface area contributed by atoms with E-state index in [1.54, 1.807) is 12.0 Å². The molecule has 2 N–H and O–H groups in total. The molecule has 0 saturated heterocycles. The fraction of sp³-hybridized carbons (Fsp3) is 0.857. The standard InChI is InChI=1S/C14H26N2O4/c1-3-4-9-16(11-7-8-11)14(19)15-12(13(17)18)6-5-10-20-2/h11-12H,3-10H2,1-2H3,(H,15,19)(H,17,18). The molecule has 0 aromatic heterocycles. The van der Waals surface area contributed by atoms with Crippen LogP contribution in [0, 0.1) is 0 Å². The molecule has 1 saturated carbocycles. The number of ether oxygens (including phenoxy) is 1. The van der Waals surface area contributed by atoms with Gasteiger partial charge in [0.15, 0.2) is 0 Å². The summed E-state index contributed by atoms with van der Waals surface area (Å²) in [4.78, 5) is 25.2. The zero-order valence-corrected chi connectivity index (χ0v) is 12.4. The summed E-state index contributed by atoms with van der Waals surface area (Å²) in [7, 11) is 1.58. The quantitative estimate of drug-likeness (QED) is 0.601. The van der Waals surface area contributed by atoms with Crippen LogP contribution in [-0.2, 0) is 9.53 Å². The average Bonchev–Trinajstić information content (AvgIpc) is 3.22. The largest absolute Gasteiger partial charge is 0.480 e. The summed E-state index contributed by atoms with van der Waals surface area (Å²) in [6.45, 7) is 3.28. The molecule has 0 radical (unpaired) electrons. The Bertz CT molecular complexity index is 318. The van der Waals surface area contributed by atoms with Crippen LogP contribution in [0.1, 0.15) is 45.4 Å². The first-order valence-corrected chi connectivity index (χ1v) is 7.39. The van der Waals surface area contributed by atoms with Gasteiger partial charge in [-0.25, -0.2) is 9.59 Å². The lowest BCUT2D eigenvalue weighted by atomic mass is 10.1. The van der Waals surface area contributed by atoms with Crippen molar-refractivity contribution in [3.63, 3.8) is 0 Å². The van der Waals surface area contributed by atoms with Crippen molar-refractivity contribution in [1.29, 1.82) is 0 Å². The van der Waals surface area contributed by atoms with Crippen LogP contribution >= 0.6 is 0 Å². The average molecular weight is 286 g/mol. The number of nitrogens with zero attached hydrogens (tertiary/aromatic N) is 1. The van der Waals surface area contributed by atoms with Crippen LogP contribution in [0.4, 0.5) is 4.79 Å². The maximum atomic E-state index is 12.2. The second-order valence-electron chi connectivity index (χ2n) is 5.25. The Morgan fingerprint density at radius 3 is 2.60 bits per heavy atom. The van der Waals surface area contributed by atoms with Gasteiger partial charge in [-0.1, -0.05) is 13.3 Å². The normalized spacial score (nSPS) is 15.7. The smallest absolute Gasteiger partial charge is 0.326 e. The first-order chi connectivity index (χ1) is 9.60. The molecule has 20 heavy (non-hydrogen) atoms. The van der Waals surface area contributed by atoms with Crippen molar-refractivity contribution < 1.29 is 19.4 Å². The number of nitrogens with one attached hydrogen (secondary N) is 1. The minimum absolute atomic E-state index is 0.245. The second kappa shape index (κ2) is 8.79. The van der Waals surface area contributed by atoms with Crippen molar-refractivity contribution in [2.45, 2.75) is 57.5 Å². The molecule has 1 unspecified atom stereocenters. The number of carbonyl (C=O) groups is 2. The van der Waals surface area contributed by atoms with Crippen molar-refractivity contribution in [2.24, 2.45) is 0 Å². The SMILES string of the molecule is CCCCN(C(=O)NC(CCCOC)C(=O)O)C1CC1. The third-order valence-corrected chi connectivity index (χ3v) is 3.44. The molecule has 1 aliphatic rings. The Hall–Kier alpha value is -1.30. The van der Waals surface area contributed by atoms with E-state index >= 15 is 0 Å².